The summed E-state index contributed by atoms with van der Waals surface area (Å²) >= 11 is 3.29. The number of fused-ring (bicyclic) bond motifs is 1. The van der Waals surface area contributed by atoms with Crippen LogP contribution in [0.15, 0.2) is 46.1 Å². The minimum atomic E-state index is -0.234. The molecule has 0 radical (unpaired) electrons. The van der Waals surface area contributed by atoms with E-state index in [4.69, 9.17) is 0 Å². The predicted octanol–water partition coefficient (Wildman–Crippen LogP) is 2.86. The van der Waals surface area contributed by atoms with E-state index in [2.05, 4.69) is 37.5 Å². The van der Waals surface area contributed by atoms with E-state index in [9.17, 15) is 4.79 Å². The molecule has 0 saturated carbocycles. The van der Waals surface area contributed by atoms with Gasteiger partial charge in [-0.3, -0.25) is 4.79 Å². The summed E-state index contributed by atoms with van der Waals surface area (Å²) in [5.74, 6) is -0.234. The van der Waals surface area contributed by atoms with Crippen LogP contribution >= 0.6 is 15.9 Å². The molecule has 0 spiro atoms. The molecule has 0 atom stereocenters. The number of benzene rings is 1. The van der Waals surface area contributed by atoms with Crippen molar-refractivity contribution < 1.29 is 4.79 Å². The highest BCUT2D eigenvalue weighted by Crippen LogP contribution is 2.21. The van der Waals surface area contributed by atoms with Gasteiger partial charge < -0.3 is 4.98 Å². The number of hydrazone groups is 1. The molecule has 1 amide bonds. The first-order valence-electron chi connectivity index (χ1n) is 6.03. The molecule has 1 heterocycles. The second kappa shape index (κ2) is 5.01. The summed E-state index contributed by atoms with van der Waals surface area (Å²) in [6.07, 6.45) is 3.57. The van der Waals surface area contributed by atoms with Gasteiger partial charge in [-0.2, -0.15) is 5.10 Å². The Labute approximate surface area is 119 Å². The quantitative estimate of drug-likeness (QED) is 0.822. The number of halogens is 1. The Morgan fingerprint density at radius 2 is 2.16 bits per heavy atom. The molecule has 2 aromatic rings. The van der Waals surface area contributed by atoms with Crippen molar-refractivity contribution in [2.45, 2.75) is 12.8 Å². The summed E-state index contributed by atoms with van der Waals surface area (Å²) < 4.78 is 0.844. The SMILES string of the molecule is O=C(N/N=C1/CCc2ccccc21)c1cc(Br)c[nH]1. The largest absolute Gasteiger partial charge is 0.356 e. The molecule has 19 heavy (non-hydrogen) atoms. The summed E-state index contributed by atoms with van der Waals surface area (Å²) in [5.41, 5.74) is 6.44. The van der Waals surface area contributed by atoms with Crippen LogP contribution in [0.5, 0.6) is 0 Å². The Hall–Kier alpha value is -1.88. The van der Waals surface area contributed by atoms with Crippen molar-refractivity contribution in [1.82, 2.24) is 10.4 Å². The van der Waals surface area contributed by atoms with E-state index in [-0.39, 0.29) is 5.91 Å². The second-order valence-corrected chi connectivity index (χ2v) is 5.30. The van der Waals surface area contributed by atoms with E-state index in [0.717, 1.165) is 28.6 Å². The van der Waals surface area contributed by atoms with Crippen LogP contribution in [0, 0.1) is 0 Å². The Kier molecular flexibility index (Phi) is 3.21. The van der Waals surface area contributed by atoms with Crippen LogP contribution in [0.2, 0.25) is 0 Å². The lowest BCUT2D eigenvalue weighted by Gasteiger charge is -2.01. The number of aromatic nitrogens is 1. The zero-order valence-electron chi connectivity index (χ0n) is 10.1. The van der Waals surface area contributed by atoms with Crippen LogP contribution in [0.25, 0.3) is 0 Å². The molecule has 0 unspecified atom stereocenters. The Morgan fingerprint density at radius 3 is 2.95 bits per heavy atom. The maximum atomic E-state index is 11.9. The molecule has 0 bridgehead atoms. The first-order valence-corrected chi connectivity index (χ1v) is 6.82. The number of aryl methyl sites for hydroxylation is 1. The summed E-state index contributed by atoms with van der Waals surface area (Å²) in [5, 5.41) is 4.23. The van der Waals surface area contributed by atoms with Gasteiger partial charge in [-0.25, -0.2) is 5.43 Å². The summed E-state index contributed by atoms with van der Waals surface area (Å²) in [4.78, 5) is 14.7. The van der Waals surface area contributed by atoms with Gasteiger partial charge in [0.1, 0.15) is 5.69 Å². The van der Waals surface area contributed by atoms with Crippen molar-refractivity contribution in [3.8, 4) is 0 Å². The second-order valence-electron chi connectivity index (χ2n) is 4.39. The van der Waals surface area contributed by atoms with E-state index in [1.54, 1.807) is 12.3 Å². The maximum absolute atomic E-state index is 11.9. The molecule has 1 aliphatic rings. The third kappa shape index (κ3) is 2.46. The number of carbonyl (C=O) groups excluding carboxylic acids is 1. The average molecular weight is 318 g/mol. The van der Waals surface area contributed by atoms with Crippen LogP contribution < -0.4 is 5.43 Å². The number of carbonyl (C=O) groups is 1. The minimum absolute atomic E-state index is 0.234. The molecule has 0 fully saturated rings. The van der Waals surface area contributed by atoms with Gasteiger partial charge in [-0.1, -0.05) is 24.3 Å². The zero-order valence-corrected chi connectivity index (χ0v) is 11.7. The summed E-state index contributed by atoms with van der Waals surface area (Å²) in [7, 11) is 0. The number of aromatic amines is 1. The van der Waals surface area contributed by atoms with Gasteiger partial charge in [-0.05, 0) is 40.4 Å². The number of nitrogens with zero attached hydrogens (tertiary/aromatic N) is 1. The molecule has 1 aromatic heterocycles. The van der Waals surface area contributed by atoms with E-state index >= 15 is 0 Å². The third-order valence-electron chi connectivity index (χ3n) is 3.14. The van der Waals surface area contributed by atoms with Gasteiger partial charge in [0.15, 0.2) is 0 Å². The first-order chi connectivity index (χ1) is 9.24. The Balaban J connectivity index is 1.76. The average Bonchev–Trinajstić information content (AvgIpc) is 3.02. The van der Waals surface area contributed by atoms with E-state index in [1.165, 1.54) is 5.56 Å². The van der Waals surface area contributed by atoms with Crippen molar-refractivity contribution >= 4 is 27.5 Å². The molecule has 3 rings (SSSR count). The fraction of sp³-hybridized carbons (Fsp3) is 0.143. The van der Waals surface area contributed by atoms with Crippen molar-refractivity contribution in [3.05, 3.63) is 57.8 Å². The normalized spacial score (nSPS) is 15.5. The van der Waals surface area contributed by atoms with Crippen molar-refractivity contribution in [3.63, 3.8) is 0 Å². The Bertz CT molecular complexity index is 660. The van der Waals surface area contributed by atoms with Crippen LogP contribution in [0.1, 0.15) is 28.0 Å². The molecule has 0 saturated heterocycles. The molecule has 1 aliphatic carbocycles. The summed E-state index contributed by atoms with van der Waals surface area (Å²) in [6.45, 7) is 0. The zero-order chi connectivity index (χ0) is 13.2. The van der Waals surface area contributed by atoms with Crippen LogP contribution in [0.3, 0.4) is 0 Å². The molecule has 1 aromatic carbocycles. The lowest BCUT2D eigenvalue weighted by molar-refractivity contribution is 0.0950. The van der Waals surface area contributed by atoms with Gasteiger partial charge in [0, 0.05) is 16.2 Å². The minimum Gasteiger partial charge on any atom is -0.356 e. The van der Waals surface area contributed by atoms with Gasteiger partial charge in [0.25, 0.3) is 5.91 Å². The molecular formula is C14H12BrN3O. The number of amides is 1. The van der Waals surface area contributed by atoms with Crippen LogP contribution in [0.4, 0.5) is 0 Å². The van der Waals surface area contributed by atoms with E-state index in [0.29, 0.717) is 5.69 Å². The van der Waals surface area contributed by atoms with Gasteiger partial charge in [-0.15, -0.1) is 0 Å². The van der Waals surface area contributed by atoms with E-state index < -0.39 is 0 Å². The number of hydrogen-bond donors (Lipinski definition) is 2. The first kappa shape index (κ1) is 12.2. The summed E-state index contributed by atoms with van der Waals surface area (Å²) in [6, 6.07) is 9.87. The smallest absolute Gasteiger partial charge is 0.287 e. The fourth-order valence-corrected chi connectivity index (χ4v) is 2.54. The number of nitrogens with one attached hydrogen (secondary N) is 2. The monoisotopic (exact) mass is 317 g/mol. The molecule has 5 heteroatoms. The van der Waals surface area contributed by atoms with Crippen molar-refractivity contribution in [1.29, 1.82) is 0 Å². The van der Waals surface area contributed by atoms with E-state index in [1.807, 2.05) is 18.2 Å². The molecular weight excluding hydrogens is 306 g/mol. The standard InChI is InChI=1S/C14H12BrN3O/c15-10-7-13(16-8-10)14(19)18-17-12-6-5-9-3-1-2-4-11(9)12/h1-4,7-8,16H,5-6H2,(H,18,19)/b17-12-. The molecule has 96 valence electrons. The third-order valence-corrected chi connectivity index (χ3v) is 3.60. The lowest BCUT2D eigenvalue weighted by Crippen LogP contribution is -2.19. The molecule has 0 aliphatic heterocycles. The topological polar surface area (TPSA) is 57.2 Å². The van der Waals surface area contributed by atoms with Gasteiger partial charge in [0.05, 0.1) is 5.71 Å². The highest BCUT2D eigenvalue weighted by Gasteiger charge is 2.17. The maximum Gasteiger partial charge on any atom is 0.287 e. The van der Waals surface area contributed by atoms with Crippen LogP contribution in [-0.4, -0.2) is 16.6 Å². The molecule has 2 N–H and O–H groups in total. The highest BCUT2D eigenvalue weighted by atomic mass is 79.9. The Morgan fingerprint density at radius 1 is 1.32 bits per heavy atom. The van der Waals surface area contributed by atoms with Gasteiger partial charge >= 0.3 is 0 Å². The number of rotatable bonds is 2. The highest BCUT2D eigenvalue weighted by molar-refractivity contribution is 9.10. The number of H-pyrrole nitrogens is 1. The lowest BCUT2D eigenvalue weighted by atomic mass is 10.1. The van der Waals surface area contributed by atoms with Crippen LogP contribution in [-0.2, 0) is 6.42 Å². The van der Waals surface area contributed by atoms with Gasteiger partial charge in [0.2, 0.25) is 0 Å². The van der Waals surface area contributed by atoms with Crippen molar-refractivity contribution in [2.75, 3.05) is 0 Å². The fourth-order valence-electron chi connectivity index (χ4n) is 2.20. The predicted molar refractivity (Wildman–Crippen MR) is 77.3 cm³/mol. The number of hydrogen-bond acceptors (Lipinski definition) is 2. The van der Waals surface area contributed by atoms with Crippen molar-refractivity contribution in [2.24, 2.45) is 5.10 Å². The molecule has 4 nitrogen and oxygen atoms in total.